The molecule has 0 unspecified atom stereocenters. The smallest absolute Gasteiger partial charge is 0.252 e. The van der Waals surface area contributed by atoms with Crippen LogP contribution in [0.15, 0.2) is 46.9 Å². The molecular formula is C17H18BrNO. The Bertz CT molecular complexity index is 619. The molecule has 0 bridgehead atoms. The average Bonchev–Trinajstić information content (AvgIpc) is 2.42. The van der Waals surface area contributed by atoms with Gasteiger partial charge in [-0.25, -0.2) is 0 Å². The standard InChI is InChI=1S/C17H18BrNO/c1-11-4-5-12(2)16(10-11)17(20)19-13(3)14-6-8-15(18)9-7-14/h4-10,13H,1-3H3,(H,19,20)/t13-/m0/s1. The zero-order valence-corrected chi connectivity index (χ0v) is 13.5. The van der Waals surface area contributed by atoms with Crippen LogP contribution in [0.5, 0.6) is 0 Å². The third kappa shape index (κ3) is 3.48. The van der Waals surface area contributed by atoms with E-state index in [1.807, 2.05) is 63.2 Å². The molecule has 0 heterocycles. The molecule has 0 spiro atoms. The molecule has 2 rings (SSSR count). The van der Waals surface area contributed by atoms with Crippen molar-refractivity contribution < 1.29 is 4.79 Å². The SMILES string of the molecule is Cc1ccc(C)c(C(=O)N[C@@H](C)c2ccc(Br)cc2)c1. The van der Waals surface area contributed by atoms with Crippen LogP contribution in [0.3, 0.4) is 0 Å². The molecule has 1 atom stereocenters. The van der Waals surface area contributed by atoms with Gasteiger partial charge < -0.3 is 5.32 Å². The number of hydrogen-bond acceptors (Lipinski definition) is 1. The van der Waals surface area contributed by atoms with Crippen LogP contribution in [-0.2, 0) is 0 Å². The molecule has 0 fully saturated rings. The lowest BCUT2D eigenvalue weighted by atomic mass is 10.0. The second-order valence-corrected chi connectivity index (χ2v) is 5.98. The number of amides is 1. The summed E-state index contributed by atoms with van der Waals surface area (Å²) < 4.78 is 1.04. The van der Waals surface area contributed by atoms with Crippen molar-refractivity contribution in [2.45, 2.75) is 26.8 Å². The Balaban J connectivity index is 2.15. The van der Waals surface area contributed by atoms with Gasteiger partial charge in [0.2, 0.25) is 0 Å². The number of benzene rings is 2. The van der Waals surface area contributed by atoms with Crippen LogP contribution in [0, 0.1) is 13.8 Å². The van der Waals surface area contributed by atoms with E-state index in [0.717, 1.165) is 26.7 Å². The summed E-state index contributed by atoms with van der Waals surface area (Å²) in [5, 5.41) is 3.05. The van der Waals surface area contributed by atoms with Gasteiger partial charge in [-0.05, 0) is 50.1 Å². The first-order valence-electron chi connectivity index (χ1n) is 6.61. The maximum Gasteiger partial charge on any atom is 0.252 e. The van der Waals surface area contributed by atoms with Crippen molar-refractivity contribution in [2.24, 2.45) is 0 Å². The minimum atomic E-state index is -0.0263. The van der Waals surface area contributed by atoms with Crippen molar-refractivity contribution in [2.75, 3.05) is 0 Å². The summed E-state index contributed by atoms with van der Waals surface area (Å²) in [5.41, 5.74) is 3.92. The Labute approximate surface area is 128 Å². The van der Waals surface area contributed by atoms with Crippen LogP contribution in [-0.4, -0.2) is 5.91 Å². The molecule has 1 N–H and O–H groups in total. The van der Waals surface area contributed by atoms with Crippen molar-refractivity contribution in [3.8, 4) is 0 Å². The van der Waals surface area contributed by atoms with E-state index in [9.17, 15) is 4.79 Å². The molecule has 0 radical (unpaired) electrons. The van der Waals surface area contributed by atoms with Gasteiger partial charge in [-0.2, -0.15) is 0 Å². The summed E-state index contributed by atoms with van der Waals surface area (Å²) in [6, 6.07) is 13.9. The maximum absolute atomic E-state index is 12.3. The van der Waals surface area contributed by atoms with Gasteiger partial charge in [0, 0.05) is 10.0 Å². The minimum absolute atomic E-state index is 0.0180. The van der Waals surface area contributed by atoms with E-state index in [0.29, 0.717) is 0 Å². The molecule has 2 aromatic carbocycles. The Kier molecular flexibility index (Phi) is 4.61. The molecule has 0 aliphatic heterocycles. The summed E-state index contributed by atoms with van der Waals surface area (Å²) in [7, 11) is 0. The monoisotopic (exact) mass is 331 g/mol. The summed E-state index contributed by atoms with van der Waals surface area (Å²) >= 11 is 3.41. The van der Waals surface area contributed by atoms with Gasteiger partial charge in [0.25, 0.3) is 5.91 Å². The van der Waals surface area contributed by atoms with Gasteiger partial charge in [0.1, 0.15) is 0 Å². The van der Waals surface area contributed by atoms with Gasteiger partial charge in [-0.1, -0.05) is 45.8 Å². The van der Waals surface area contributed by atoms with Crippen molar-refractivity contribution in [3.05, 3.63) is 69.2 Å². The molecule has 0 aliphatic rings. The number of halogens is 1. The zero-order valence-electron chi connectivity index (χ0n) is 11.9. The maximum atomic E-state index is 12.3. The predicted molar refractivity (Wildman–Crippen MR) is 85.9 cm³/mol. The van der Waals surface area contributed by atoms with Crippen LogP contribution in [0.2, 0.25) is 0 Å². The van der Waals surface area contributed by atoms with E-state index in [-0.39, 0.29) is 11.9 Å². The van der Waals surface area contributed by atoms with Crippen molar-refractivity contribution in [3.63, 3.8) is 0 Å². The summed E-state index contributed by atoms with van der Waals surface area (Å²) in [4.78, 5) is 12.3. The minimum Gasteiger partial charge on any atom is -0.346 e. The average molecular weight is 332 g/mol. The summed E-state index contributed by atoms with van der Waals surface area (Å²) in [6.45, 7) is 5.94. The number of carbonyl (C=O) groups is 1. The zero-order chi connectivity index (χ0) is 14.7. The highest BCUT2D eigenvalue weighted by molar-refractivity contribution is 9.10. The molecule has 0 saturated heterocycles. The molecule has 104 valence electrons. The third-order valence-electron chi connectivity index (χ3n) is 3.36. The summed E-state index contributed by atoms with van der Waals surface area (Å²) in [5.74, 6) is -0.0263. The topological polar surface area (TPSA) is 29.1 Å². The normalized spacial score (nSPS) is 12.0. The van der Waals surface area contributed by atoms with E-state index in [1.54, 1.807) is 0 Å². The van der Waals surface area contributed by atoms with E-state index in [4.69, 9.17) is 0 Å². The van der Waals surface area contributed by atoms with Gasteiger partial charge in [0.15, 0.2) is 0 Å². The van der Waals surface area contributed by atoms with E-state index >= 15 is 0 Å². The fraction of sp³-hybridized carbons (Fsp3) is 0.235. The van der Waals surface area contributed by atoms with Crippen LogP contribution >= 0.6 is 15.9 Å². The Morgan fingerprint density at radius 2 is 1.75 bits per heavy atom. The fourth-order valence-corrected chi connectivity index (χ4v) is 2.35. The molecule has 2 nitrogen and oxygen atoms in total. The molecular weight excluding hydrogens is 314 g/mol. The number of aryl methyl sites for hydroxylation is 2. The molecule has 3 heteroatoms. The lowest BCUT2D eigenvalue weighted by Gasteiger charge is -2.16. The first kappa shape index (κ1) is 14.8. The van der Waals surface area contributed by atoms with Crippen LogP contribution in [0.4, 0.5) is 0 Å². The Morgan fingerprint density at radius 3 is 2.40 bits per heavy atom. The quantitative estimate of drug-likeness (QED) is 0.877. The Morgan fingerprint density at radius 1 is 1.10 bits per heavy atom. The second kappa shape index (κ2) is 6.23. The van der Waals surface area contributed by atoms with Crippen molar-refractivity contribution in [1.29, 1.82) is 0 Å². The Hall–Kier alpha value is -1.61. The number of carbonyl (C=O) groups excluding carboxylic acids is 1. The van der Waals surface area contributed by atoms with Gasteiger partial charge in [-0.3, -0.25) is 4.79 Å². The first-order chi connectivity index (χ1) is 9.47. The summed E-state index contributed by atoms with van der Waals surface area (Å²) in [6.07, 6.45) is 0. The van der Waals surface area contributed by atoms with E-state index in [1.165, 1.54) is 0 Å². The highest BCUT2D eigenvalue weighted by atomic mass is 79.9. The van der Waals surface area contributed by atoms with E-state index < -0.39 is 0 Å². The molecule has 2 aromatic rings. The van der Waals surface area contributed by atoms with Crippen molar-refractivity contribution >= 4 is 21.8 Å². The lowest BCUT2D eigenvalue weighted by molar-refractivity contribution is 0.0939. The van der Waals surface area contributed by atoms with Gasteiger partial charge in [-0.15, -0.1) is 0 Å². The molecule has 20 heavy (non-hydrogen) atoms. The number of rotatable bonds is 3. The van der Waals surface area contributed by atoms with Gasteiger partial charge >= 0.3 is 0 Å². The van der Waals surface area contributed by atoms with Crippen molar-refractivity contribution in [1.82, 2.24) is 5.32 Å². The highest BCUT2D eigenvalue weighted by Crippen LogP contribution is 2.18. The fourth-order valence-electron chi connectivity index (χ4n) is 2.09. The van der Waals surface area contributed by atoms with E-state index in [2.05, 4.69) is 21.2 Å². The third-order valence-corrected chi connectivity index (χ3v) is 3.88. The highest BCUT2D eigenvalue weighted by Gasteiger charge is 2.13. The predicted octanol–water partition coefficient (Wildman–Crippen LogP) is 4.56. The van der Waals surface area contributed by atoms with Crippen LogP contribution in [0.1, 0.15) is 40.0 Å². The number of hydrogen-bond donors (Lipinski definition) is 1. The van der Waals surface area contributed by atoms with Gasteiger partial charge in [0.05, 0.1) is 6.04 Å². The molecule has 0 aliphatic carbocycles. The first-order valence-corrected chi connectivity index (χ1v) is 7.40. The largest absolute Gasteiger partial charge is 0.346 e. The molecule has 0 saturated carbocycles. The second-order valence-electron chi connectivity index (χ2n) is 5.07. The lowest BCUT2D eigenvalue weighted by Crippen LogP contribution is -2.27. The molecule has 0 aromatic heterocycles. The number of nitrogens with one attached hydrogen (secondary N) is 1. The molecule has 1 amide bonds. The van der Waals surface area contributed by atoms with Crippen LogP contribution < -0.4 is 5.32 Å². The van der Waals surface area contributed by atoms with Crippen LogP contribution in [0.25, 0.3) is 0 Å².